The highest BCUT2D eigenvalue weighted by Crippen LogP contribution is 2.29. The molecule has 0 aliphatic carbocycles. The minimum Gasteiger partial charge on any atom is -0.369 e. The van der Waals surface area contributed by atoms with Crippen LogP contribution in [0, 0.1) is 0 Å². The zero-order valence-corrected chi connectivity index (χ0v) is 13.0. The predicted octanol–water partition coefficient (Wildman–Crippen LogP) is 3.31. The van der Waals surface area contributed by atoms with Crippen molar-refractivity contribution < 1.29 is 0 Å². The standard InChI is InChI=1S/C16H21N3S/c1-3-12-4-6-13(7-5-12)19-16-14(8-10-17-16)15(18-19)9-11-20-2/h4-7,17H,3,8-11H2,1-2H3. The van der Waals surface area contributed by atoms with Crippen molar-refractivity contribution in [2.75, 3.05) is 23.9 Å². The normalized spacial score (nSPS) is 13.3. The summed E-state index contributed by atoms with van der Waals surface area (Å²) in [5, 5.41) is 8.32. The first-order chi connectivity index (χ1) is 9.83. The number of nitrogens with zero attached hydrogens (tertiary/aromatic N) is 2. The zero-order chi connectivity index (χ0) is 13.9. The van der Waals surface area contributed by atoms with Gasteiger partial charge in [-0.2, -0.15) is 16.9 Å². The molecule has 0 radical (unpaired) electrons. The Hall–Kier alpha value is -1.42. The Morgan fingerprint density at radius 3 is 2.80 bits per heavy atom. The van der Waals surface area contributed by atoms with Crippen molar-refractivity contribution in [3.8, 4) is 5.69 Å². The zero-order valence-electron chi connectivity index (χ0n) is 12.1. The fourth-order valence-corrected chi connectivity index (χ4v) is 3.10. The predicted molar refractivity (Wildman–Crippen MR) is 87.2 cm³/mol. The molecule has 3 rings (SSSR count). The molecule has 1 aliphatic heterocycles. The molecular weight excluding hydrogens is 266 g/mol. The summed E-state index contributed by atoms with van der Waals surface area (Å²) >= 11 is 1.88. The van der Waals surface area contributed by atoms with Gasteiger partial charge in [0.05, 0.1) is 11.4 Å². The van der Waals surface area contributed by atoms with Gasteiger partial charge in [-0.1, -0.05) is 19.1 Å². The summed E-state index contributed by atoms with van der Waals surface area (Å²) < 4.78 is 2.08. The van der Waals surface area contributed by atoms with E-state index < -0.39 is 0 Å². The maximum atomic E-state index is 4.84. The first kappa shape index (κ1) is 13.6. The summed E-state index contributed by atoms with van der Waals surface area (Å²) in [6, 6.07) is 8.73. The Balaban J connectivity index is 1.96. The quantitative estimate of drug-likeness (QED) is 0.915. The molecule has 1 aromatic carbocycles. The molecule has 2 aromatic rings. The fourth-order valence-electron chi connectivity index (χ4n) is 2.71. The lowest BCUT2D eigenvalue weighted by molar-refractivity contribution is 0.834. The first-order valence-electron chi connectivity index (χ1n) is 7.26. The number of rotatable bonds is 5. The third-order valence-electron chi connectivity index (χ3n) is 3.87. The van der Waals surface area contributed by atoms with Crippen LogP contribution in [0.1, 0.15) is 23.7 Å². The van der Waals surface area contributed by atoms with Gasteiger partial charge in [0, 0.05) is 18.5 Å². The van der Waals surface area contributed by atoms with E-state index in [1.165, 1.54) is 22.6 Å². The lowest BCUT2D eigenvalue weighted by Crippen LogP contribution is -2.05. The number of aryl methyl sites for hydroxylation is 2. The van der Waals surface area contributed by atoms with E-state index in [1.54, 1.807) is 0 Å². The molecule has 0 spiro atoms. The Labute approximate surface area is 124 Å². The first-order valence-corrected chi connectivity index (χ1v) is 8.65. The van der Waals surface area contributed by atoms with Crippen LogP contribution in [-0.4, -0.2) is 28.3 Å². The summed E-state index contributed by atoms with van der Waals surface area (Å²) in [7, 11) is 0. The van der Waals surface area contributed by atoms with Gasteiger partial charge in [0.2, 0.25) is 0 Å². The minimum absolute atomic E-state index is 1.03. The molecule has 0 saturated carbocycles. The van der Waals surface area contributed by atoms with Gasteiger partial charge in [-0.3, -0.25) is 0 Å². The molecule has 0 fully saturated rings. The Morgan fingerprint density at radius 1 is 1.30 bits per heavy atom. The molecule has 1 aliphatic rings. The highest BCUT2D eigenvalue weighted by Gasteiger charge is 2.22. The second-order valence-corrected chi connectivity index (χ2v) is 6.11. The average Bonchev–Trinajstić information content (AvgIpc) is 3.08. The van der Waals surface area contributed by atoms with Crippen LogP contribution in [0.3, 0.4) is 0 Å². The number of hydrogen-bond acceptors (Lipinski definition) is 3. The van der Waals surface area contributed by atoms with Crippen LogP contribution in [0.4, 0.5) is 5.82 Å². The molecule has 0 unspecified atom stereocenters. The van der Waals surface area contributed by atoms with Gasteiger partial charge in [-0.25, -0.2) is 4.68 Å². The van der Waals surface area contributed by atoms with Crippen LogP contribution in [0.15, 0.2) is 24.3 Å². The van der Waals surface area contributed by atoms with Gasteiger partial charge in [-0.15, -0.1) is 0 Å². The highest BCUT2D eigenvalue weighted by molar-refractivity contribution is 7.98. The number of nitrogens with one attached hydrogen (secondary N) is 1. The third kappa shape index (κ3) is 2.44. The maximum absolute atomic E-state index is 4.84. The van der Waals surface area contributed by atoms with E-state index in [1.807, 2.05) is 11.8 Å². The lowest BCUT2D eigenvalue weighted by atomic mass is 10.1. The van der Waals surface area contributed by atoms with Crippen molar-refractivity contribution in [1.82, 2.24) is 9.78 Å². The highest BCUT2D eigenvalue weighted by atomic mass is 32.2. The molecule has 0 saturated heterocycles. The second-order valence-electron chi connectivity index (χ2n) is 5.13. The molecule has 0 bridgehead atoms. The van der Waals surface area contributed by atoms with E-state index in [0.717, 1.165) is 37.2 Å². The van der Waals surface area contributed by atoms with Crippen molar-refractivity contribution >= 4 is 17.6 Å². The number of benzene rings is 1. The van der Waals surface area contributed by atoms with Crippen molar-refractivity contribution in [3.05, 3.63) is 41.1 Å². The third-order valence-corrected chi connectivity index (χ3v) is 4.48. The van der Waals surface area contributed by atoms with Crippen LogP contribution in [0.5, 0.6) is 0 Å². The van der Waals surface area contributed by atoms with Gasteiger partial charge in [0.1, 0.15) is 5.82 Å². The van der Waals surface area contributed by atoms with Crippen LogP contribution < -0.4 is 5.32 Å². The SMILES string of the molecule is CCc1ccc(-n2nc(CCSC)c3c2NCC3)cc1. The van der Waals surface area contributed by atoms with Gasteiger partial charge >= 0.3 is 0 Å². The van der Waals surface area contributed by atoms with Crippen LogP contribution in [0.25, 0.3) is 5.69 Å². The maximum Gasteiger partial charge on any atom is 0.133 e. The number of thioether (sulfide) groups is 1. The van der Waals surface area contributed by atoms with E-state index >= 15 is 0 Å². The Bertz CT molecular complexity index is 587. The van der Waals surface area contributed by atoms with Gasteiger partial charge in [0.15, 0.2) is 0 Å². The van der Waals surface area contributed by atoms with Crippen molar-refractivity contribution in [3.63, 3.8) is 0 Å². The number of fused-ring (bicyclic) bond motifs is 1. The van der Waals surface area contributed by atoms with Crippen LogP contribution in [0.2, 0.25) is 0 Å². The monoisotopic (exact) mass is 287 g/mol. The van der Waals surface area contributed by atoms with E-state index in [2.05, 4.69) is 47.4 Å². The molecule has 0 amide bonds. The molecule has 1 aromatic heterocycles. The molecule has 1 N–H and O–H groups in total. The van der Waals surface area contributed by atoms with Crippen molar-refractivity contribution in [2.24, 2.45) is 0 Å². The van der Waals surface area contributed by atoms with E-state index in [-0.39, 0.29) is 0 Å². The largest absolute Gasteiger partial charge is 0.369 e. The van der Waals surface area contributed by atoms with Crippen molar-refractivity contribution in [2.45, 2.75) is 26.2 Å². The van der Waals surface area contributed by atoms with Gasteiger partial charge in [0.25, 0.3) is 0 Å². The number of hydrogen-bond donors (Lipinski definition) is 1. The summed E-state index contributed by atoms with van der Waals surface area (Å²) in [6.45, 7) is 3.22. The average molecular weight is 287 g/mol. The summed E-state index contributed by atoms with van der Waals surface area (Å²) in [5.74, 6) is 2.34. The Morgan fingerprint density at radius 2 is 2.10 bits per heavy atom. The molecule has 20 heavy (non-hydrogen) atoms. The van der Waals surface area contributed by atoms with Crippen LogP contribution >= 0.6 is 11.8 Å². The number of aromatic nitrogens is 2. The van der Waals surface area contributed by atoms with E-state index in [4.69, 9.17) is 5.10 Å². The molecule has 3 nitrogen and oxygen atoms in total. The second kappa shape index (κ2) is 5.92. The van der Waals surface area contributed by atoms with E-state index in [0.29, 0.717) is 0 Å². The topological polar surface area (TPSA) is 29.9 Å². The summed E-state index contributed by atoms with van der Waals surface area (Å²) in [6.07, 6.45) is 5.39. The molecular formula is C16H21N3S. The molecule has 106 valence electrons. The molecule has 4 heteroatoms. The number of anilines is 1. The summed E-state index contributed by atoms with van der Waals surface area (Å²) in [5.41, 5.74) is 5.20. The lowest BCUT2D eigenvalue weighted by Gasteiger charge is -2.07. The van der Waals surface area contributed by atoms with Gasteiger partial charge < -0.3 is 5.32 Å². The van der Waals surface area contributed by atoms with Crippen LogP contribution in [-0.2, 0) is 19.3 Å². The van der Waals surface area contributed by atoms with Crippen molar-refractivity contribution in [1.29, 1.82) is 0 Å². The Kier molecular flexibility index (Phi) is 4.01. The molecule has 2 heterocycles. The minimum atomic E-state index is 1.03. The van der Waals surface area contributed by atoms with E-state index in [9.17, 15) is 0 Å². The molecule has 0 atom stereocenters. The summed E-state index contributed by atoms with van der Waals surface area (Å²) in [4.78, 5) is 0. The smallest absolute Gasteiger partial charge is 0.133 e. The van der Waals surface area contributed by atoms with Gasteiger partial charge in [-0.05, 0) is 42.5 Å². The fraction of sp³-hybridized carbons (Fsp3) is 0.438.